The van der Waals surface area contributed by atoms with Gasteiger partial charge in [-0.2, -0.15) is 0 Å². The number of urea groups is 1. The third-order valence-electron chi connectivity index (χ3n) is 5.23. The van der Waals surface area contributed by atoms with E-state index in [0.717, 1.165) is 37.2 Å². The second-order valence-electron chi connectivity index (χ2n) is 7.04. The molecule has 2 fully saturated rings. The summed E-state index contributed by atoms with van der Waals surface area (Å²) in [7, 11) is 0. The lowest BCUT2D eigenvalue weighted by atomic mass is 9.89. The van der Waals surface area contributed by atoms with Crippen LogP contribution < -0.4 is 5.32 Å². The Morgan fingerprint density at radius 1 is 1.24 bits per heavy atom. The van der Waals surface area contributed by atoms with Crippen molar-refractivity contribution >= 4 is 6.03 Å². The summed E-state index contributed by atoms with van der Waals surface area (Å²) >= 11 is 0. The first-order valence-corrected chi connectivity index (χ1v) is 9.03. The fourth-order valence-corrected chi connectivity index (χ4v) is 3.62. The third-order valence-corrected chi connectivity index (χ3v) is 5.23. The largest absolute Gasteiger partial charge is 0.508 e. The fourth-order valence-electron chi connectivity index (χ4n) is 3.62. The molecule has 1 aromatic heterocycles. The molecule has 6 nitrogen and oxygen atoms in total. The third kappa shape index (κ3) is 3.62. The van der Waals surface area contributed by atoms with E-state index in [0.29, 0.717) is 24.3 Å². The molecule has 1 saturated carbocycles. The minimum absolute atomic E-state index is 0.00194. The number of benzene rings is 1. The van der Waals surface area contributed by atoms with Crippen LogP contribution in [0.2, 0.25) is 0 Å². The van der Waals surface area contributed by atoms with Crippen LogP contribution in [0.1, 0.15) is 48.9 Å². The summed E-state index contributed by atoms with van der Waals surface area (Å²) in [4.78, 5) is 18.5. The maximum atomic E-state index is 12.4. The lowest BCUT2D eigenvalue weighted by molar-refractivity contribution is 0.180. The molecule has 2 N–H and O–H groups in total. The Balaban J connectivity index is 1.28. The van der Waals surface area contributed by atoms with Gasteiger partial charge in [-0.05, 0) is 49.3 Å². The Morgan fingerprint density at radius 2 is 2.04 bits per heavy atom. The Morgan fingerprint density at radius 3 is 2.76 bits per heavy atom. The molecule has 1 aliphatic heterocycles. The molecule has 0 radical (unpaired) electrons. The maximum absolute atomic E-state index is 12.4. The van der Waals surface area contributed by atoms with Crippen LogP contribution in [0.5, 0.6) is 5.75 Å². The van der Waals surface area contributed by atoms with Crippen LogP contribution in [0.3, 0.4) is 0 Å². The Hall–Kier alpha value is -2.50. The van der Waals surface area contributed by atoms with E-state index in [1.807, 2.05) is 29.6 Å². The summed E-state index contributed by atoms with van der Waals surface area (Å²) < 4.78 is 2.17. The molecule has 0 atom stereocenters. The zero-order valence-electron chi connectivity index (χ0n) is 14.3. The van der Waals surface area contributed by atoms with E-state index in [1.54, 1.807) is 6.07 Å². The van der Waals surface area contributed by atoms with Crippen molar-refractivity contribution in [3.63, 3.8) is 0 Å². The molecule has 1 aromatic carbocycles. The van der Waals surface area contributed by atoms with Gasteiger partial charge in [0, 0.05) is 25.3 Å². The van der Waals surface area contributed by atoms with Gasteiger partial charge in [-0.3, -0.25) is 0 Å². The van der Waals surface area contributed by atoms with Crippen molar-refractivity contribution in [3.05, 3.63) is 48.0 Å². The summed E-state index contributed by atoms with van der Waals surface area (Å²) in [5, 5.41) is 12.7. The van der Waals surface area contributed by atoms with Crippen molar-refractivity contribution in [1.82, 2.24) is 19.8 Å². The van der Waals surface area contributed by atoms with E-state index in [1.165, 1.54) is 12.8 Å². The van der Waals surface area contributed by atoms with Crippen molar-refractivity contribution in [1.29, 1.82) is 0 Å². The number of hydrogen-bond donors (Lipinski definition) is 2. The highest BCUT2D eigenvalue weighted by Crippen LogP contribution is 2.35. The average Bonchev–Trinajstić information content (AvgIpc) is 3.38. The summed E-state index contributed by atoms with van der Waals surface area (Å²) in [5.74, 6) is 0.720. The zero-order chi connectivity index (χ0) is 17.2. The monoisotopic (exact) mass is 340 g/mol. The smallest absolute Gasteiger partial charge is 0.317 e. The molecule has 2 aromatic rings. The molecular weight excluding hydrogens is 316 g/mol. The van der Waals surface area contributed by atoms with Gasteiger partial charge in [0.15, 0.2) is 0 Å². The number of hydrogen-bond acceptors (Lipinski definition) is 3. The minimum atomic E-state index is -0.00194. The van der Waals surface area contributed by atoms with Gasteiger partial charge in [0.05, 0.1) is 18.6 Å². The van der Waals surface area contributed by atoms with E-state index in [4.69, 9.17) is 0 Å². The van der Waals surface area contributed by atoms with Crippen LogP contribution in [0.25, 0.3) is 0 Å². The Bertz CT molecular complexity index is 745. The highest BCUT2D eigenvalue weighted by Gasteiger charge is 2.26. The van der Waals surface area contributed by atoms with E-state index in [-0.39, 0.29) is 6.03 Å². The number of aromatic hydroxyl groups is 1. The number of imidazole rings is 1. The number of amides is 2. The predicted molar refractivity (Wildman–Crippen MR) is 94.4 cm³/mol. The number of likely N-dealkylation sites (tertiary alicyclic amines) is 1. The van der Waals surface area contributed by atoms with Crippen molar-refractivity contribution in [3.8, 4) is 5.75 Å². The molecule has 2 aliphatic rings. The Kier molecular flexibility index (Phi) is 4.34. The van der Waals surface area contributed by atoms with E-state index < -0.39 is 0 Å². The number of rotatable bonds is 4. The van der Waals surface area contributed by atoms with Gasteiger partial charge in [0.25, 0.3) is 0 Å². The molecule has 2 amide bonds. The number of aromatic nitrogens is 2. The summed E-state index contributed by atoms with van der Waals surface area (Å²) in [6.45, 7) is 2.02. The second-order valence-corrected chi connectivity index (χ2v) is 7.04. The summed E-state index contributed by atoms with van der Waals surface area (Å²) in [6, 6.07) is 8.04. The van der Waals surface area contributed by atoms with Crippen LogP contribution in [-0.2, 0) is 6.54 Å². The van der Waals surface area contributed by atoms with Gasteiger partial charge in [-0.15, -0.1) is 0 Å². The standard InChI is InChI=1S/C19H24N4O2/c24-18-3-1-2-15(10-18)14-6-8-22(9-7-14)19(25)21-12-17-11-20-13-23(17)16-4-5-16/h1-3,10-11,13-14,16,24H,4-9,12H2,(H,21,25). The first-order chi connectivity index (χ1) is 12.2. The maximum Gasteiger partial charge on any atom is 0.317 e. The predicted octanol–water partition coefficient (Wildman–Crippen LogP) is 3.01. The number of carbonyl (C=O) groups is 1. The number of phenolic OH excluding ortho intramolecular Hbond substituents is 1. The van der Waals surface area contributed by atoms with Crippen molar-refractivity contribution in [2.75, 3.05) is 13.1 Å². The summed E-state index contributed by atoms with van der Waals surface area (Å²) in [6.07, 6.45) is 7.97. The summed E-state index contributed by atoms with van der Waals surface area (Å²) in [5.41, 5.74) is 2.24. The van der Waals surface area contributed by atoms with Crippen molar-refractivity contribution < 1.29 is 9.90 Å². The molecule has 132 valence electrons. The number of nitrogens with zero attached hydrogens (tertiary/aromatic N) is 3. The van der Waals surface area contributed by atoms with E-state index in [9.17, 15) is 9.90 Å². The van der Waals surface area contributed by atoms with Crippen LogP contribution >= 0.6 is 0 Å². The normalized spacial score (nSPS) is 18.3. The molecule has 25 heavy (non-hydrogen) atoms. The van der Waals surface area contributed by atoms with Crippen molar-refractivity contribution in [2.24, 2.45) is 0 Å². The molecule has 0 spiro atoms. The molecular formula is C19H24N4O2. The molecule has 4 rings (SSSR count). The molecule has 1 aliphatic carbocycles. The number of nitrogens with one attached hydrogen (secondary N) is 1. The minimum Gasteiger partial charge on any atom is -0.508 e. The lowest BCUT2D eigenvalue weighted by Gasteiger charge is -2.32. The molecule has 2 heterocycles. The quantitative estimate of drug-likeness (QED) is 0.899. The van der Waals surface area contributed by atoms with Gasteiger partial charge in [0.2, 0.25) is 0 Å². The second kappa shape index (κ2) is 6.78. The molecule has 6 heteroatoms. The van der Waals surface area contributed by atoms with Gasteiger partial charge < -0.3 is 19.9 Å². The van der Waals surface area contributed by atoms with Crippen LogP contribution in [0.4, 0.5) is 4.79 Å². The fraction of sp³-hybridized carbons (Fsp3) is 0.474. The topological polar surface area (TPSA) is 70.4 Å². The number of piperidine rings is 1. The van der Waals surface area contributed by atoms with E-state index in [2.05, 4.69) is 20.9 Å². The van der Waals surface area contributed by atoms with Crippen LogP contribution in [0.15, 0.2) is 36.8 Å². The number of phenols is 1. The highest BCUT2D eigenvalue weighted by molar-refractivity contribution is 5.74. The Labute approximate surface area is 147 Å². The molecule has 0 unspecified atom stereocenters. The van der Waals surface area contributed by atoms with Gasteiger partial charge >= 0.3 is 6.03 Å². The zero-order valence-corrected chi connectivity index (χ0v) is 14.3. The first-order valence-electron chi connectivity index (χ1n) is 9.03. The van der Waals surface area contributed by atoms with E-state index >= 15 is 0 Å². The van der Waals surface area contributed by atoms with Crippen LogP contribution in [0, 0.1) is 0 Å². The average molecular weight is 340 g/mol. The lowest BCUT2D eigenvalue weighted by Crippen LogP contribution is -2.44. The molecule has 1 saturated heterocycles. The number of carbonyl (C=O) groups excluding carboxylic acids is 1. The first kappa shape index (κ1) is 16.0. The van der Waals surface area contributed by atoms with Gasteiger partial charge in [-0.25, -0.2) is 9.78 Å². The van der Waals surface area contributed by atoms with Crippen LogP contribution in [-0.4, -0.2) is 38.7 Å². The van der Waals surface area contributed by atoms with Gasteiger partial charge in [0.1, 0.15) is 5.75 Å². The SMILES string of the molecule is O=C(NCc1cncn1C1CC1)N1CCC(c2cccc(O)c2)CC1. The van der Waals surface area contributed by atoms with Crippen molar-refractivity contribution in [2.45, 2.75) is 44.2 Å². The highest BCUT2D eigenvalue weighted by atomic mass is 16.3. The molecule has 0 bridgehead atoms. The van der Waals surface area contributed by atoms with Gasteiger partial charge in [-0.1, -0.05) is 12.1 Å².